The first-order chi connectivity index (χ1) is 9.55. The standard InChI is InChI=1S/C16H29NO3Si/c1-16(2,3)19-15(18)17-12-8-7-9-13(17)11-14(10-12)20-21(4,5)6/h10,12-13H,7-9,11H2,1-6H3. The molecule has 2 bridgehead atoms. The van der Waals surface area contributed by atoms with Crippen LogP contribution < -0.4 is 0 Å². The maximum atomic E-state index is 12.5. The molecular weight excluding hydrogens is 282 g/mol. The minimum Gasteiger partial charge on any atom is -0.547 e. The number of amides is 1. The topological polar surface area (TPSA) is 38.8 Å². The van der Waals surface area contributed by atoms with E-state index < -0.39 is 13.9 Å². The van der Waals surface area contributed by atoms with Gasteiger partial charge in [0.1, 0.15) is 5.60 Å². The zero-order chi connectivity index (χ0) is 15.8. The molecule has 5 heteroatoms. The number of ether oxygens (including phenoxy) is 1. The van der Waals surface area contributed by atoms with Gasteiger partial charge >= 0.3 is 6.09 Å². The van der Waals surface area contributed by atoms with Crippen LogP contribution in [0.25, 0.3) is 0 Å². The molecule has 1 fully saturated rings. The van der Waals surface area contributed by atoms with Crippen molar-refractivity contribution >= 4 is 14.4 Å². The summed E-state index contributed by atoms with van der Waals surface area (Å²) >= 11 is 0. The highest BCUT2D eigenvalue weighted by Gasteiger charge is 2.40. The molecule has 2 rings (SSSR count). The van der Waals surface area contributed by atoms with Crippen LogP contribution >= 0.6 is 0 Å². The van der Waals surface area contributed by atoms with Crippen molar-refractivity contribution in [2.24, 2.45) is 0 Å². The zero-order valence-electron chi connectivity index (χ0n) is 14.2. The lowest BCUT2D eigenvalue weighted by Crippen LogP contribution is -2.53. The second-order valence-electron chi connectivity index (χ2n) is 8.09. The Morgan fingerprint density at radius 3 is 2.48 bits per heavy atom. The second kappa shape index (κ2) is 5.67. The lowest BCUT2D eigenvalue weighted by molar-refractivity contribution is -0.00370. The van der Waals surface area contributed by atoms with E-state index in [1.54, 1.807) is 0 Å². The fraction of sp³-hybridized carbons (Fsp3) is 0.812. The summed E-state index contributed by atoms with van der Waals surface area (Å²) in [5.41, 5.74) is -0.440. The Bertz CT molecular complexity index is 434. The summed E-state index contributed by atoms with van der Waals surface area (Å²) in [6.07, 6.45) is 6.03. The second-order valence-corrected chi connectivity index (χ2v) is 12.5. The van der Waals surface area contributed by atoms with Gasteiger partial charge in [-0.1, -0.05) is 0 Å². The first-order valence-electron chi connectivity index (χ1n) is 7.96. The third kappa shape index (κ3) is 4.50. The van der Waals surface area contributed by atoms with E-state index in [0.717, 1.165) is 25.0 Å². The number of hydrogen-bond donors (Lipinski definition) is 0. The fourth-order valence-corrected chi connectivity index (χ4v) is 4.00. The van der Waals surface area contributed by atoms with Crippen molar-refractivity contribution in [3.8, 4) is 0 Å². The van der Waals surface area contributed by atoms with Crippen molar-refractivity contribution in [2.45, 2.75) is 83.8 Å². The summed E-state index contributed by atoms with van der Waals surface area (Å²) in [6, 6.07) is 0.369. The van der Waals surface area contributed by atoms with Gasteiger partial charge in [0.2, 0.25) is 8.32 Å². The molecule has 1 amide bonds. The molecule has 4 nitrogen and oxygen atoms in total. The summed E-state index contributed by atoms with van der Waals surface area (Å²) in [5, 5.41) is 0. The molecule has 0 N–H and O–H groups in total. The largest absolute Gasteiger partial charge is 0.547 e. The molecule has 0 spiro atoms. The third-order valence-corrected chi connectivity index (χ3v) is 4.52. The first kappa shape index (κ1) is 16.4. The summed E-state index contributed by atoms with van der Waals surface area (Å²) < 4.78 is 11.7. The Labute approximate surface area is 129 Å². The van der Waals surface area contributed by atoms with Crippen molar-refractivity contribution in [1.29, 1.82) is 0 Å². The number of carbonyl (C=O) groups excluding carboxylic acids is 1. The number of carbonyl (C=O) groups is 1. The molecule has 2 unspecified atom stereocenters. The maximum Gasteiger partial charge on any atom is 0.411 e. The van der Waals surface area contributed by atoms with Crippen molar-refractivity contribution < 1.29 is 14.0 Å². The zero-order valence-corrected chi connectivity index (χ0v) is 15.2. The highest BCUT2D eigenvalue weighted by atomic mass is 28.4. The van der Waals surface area contributed by atoms with E-state index in [1.165, 1.54) is 6.42 Å². The molecule has 0 aromatic rings. The van der Waals surface area contributed by atoms with Gasteiger partial charge in [-0.15, -0.1) is 0 Å². The molecule has 120 valence electrons. The van der Waals surface area contributed by atoms with Crippen molar-refractivity contribution in [2.75, 3.05) is 0 Å². The predicted octanol–water partition coefficient (Wildman–Crippen LogP) is 4.28. The quantitative estimate of drug-likeness (QED) is 0.714. The maximum absolute atomic E-state index is 12.5. The highest BCUT2D eigenvalue weighted by Crippen LogP contribution is 2.35. The van der Waals surface area contributed by atoms with E-state index in [9.17, 15) is 4.79 Å². The van der Waals surface area contributed by atoms with Gasteiger partial charge in [0.25, 0.3) is 0 Å². The summed E-state index contributed by atoms with van der Waals surface area (Å²) in [4.78, 5) is 14.4. The van der Waals surface area contributed by atoms with Gasteiger partial charge in [-0.05, 0) is 65.8 Å². The highest BCUT2D eigenvalue weighted by molar-refractivity contribution is 6.70. The van der Waals surface area contributed by atoms with Crippen LogP contribution in [0.5, 0.6) is 0 Å². The Morgan fingerprint density at radius 2 is 1.95 bits per heavy atom. The van der Waals surface area contributed by atoms with Crippen LogP contribution in [0.3, 0.4) is 0 Å². The van der Waals surface area contributed by atoms with Crippen LogP contribution in [-0.2, 0) is 9.16 Å². The van der Waals surface area contributed by atoms with E-state index in [4.69, 9.17) is 9.16 Å². The molecule has 0 saturated carbocycles. The van der Waals surface area contributed by atoms with E-state index in [2.05, 4.69) is 25.7 Å². The van der Waals surface area contributed by atoms with Crippen molar-refractivity contribution in [3.63, 3.8) is 0 Å². The van der Waals surface area contributed by atoms with Crippen LogP contribution in [0.15, 0.2) is 11.8 Å². The number of piperidine rings is 1. The molecule has 1 saturated heterocycles. The molecule has 0 aromatic heterocycles. The third-order valence-electron chi connectivity index (χ3n) is 3.64. The lowest BCUT2D eigenvalue weighted by atomic mass is 9.88. The smallest absolute Gasteiger partial charge is 0.411 e. The van der Waals surface area contributed by atoms with Gasteiger partial charge in [-0.2, -0.15) is 0 Å². The van der Waals surface area contributed by atoms with E-state index in [1.807, 2.05) is 25.7 Å². The van der Waals surface area contributed by atoms with E-state index >= 15 is 0 Å². The van der Waals surface area contributed by atoms with Gasteiger partial charge in [0.05, 0.1) is 11.8 Å². The molecule has 2 aliphatic heterocycles. The summed E-state index contributed by atoms with van der Waals surface area (Å²) in [6.45, 7) is 12.3. The van der Waals surface area contributed by atoms with Crippen LogP contribution in [0, 0.1) is 0 Å². The van der Waals surface area contributed by atoms with Gasteiger partial charge in [0.15, 0.2) is 0 Å². The molecule has 21 heavy (non-hydrogen) atoms. The average molecular weight is 311 g/mol. The Kier molecular flexibility index (Phi) is 4.43. The van der Waals surface area contributed by atoms with Gasteiger partial charge in [0, 0.05) is 12.5 Å². The van der Waals surface area contributed by atoms with Crippen molar-refractivity contribution in [1.82, 2.24) is 4.90 Å². The Morgan fingerprint density at radius 1 is 1.29 bits per heavy atom. The van der Waals surface area contributed by atoms with E-state index in [0.29, 0.717) is 0 Å². The number of nitrogens with zero attached hydrogens (tertiary/aromatic N) is 1. The lowest BCUT2D eigenvalue weighted by Gasteiger charge is -2.45. The number of rotatable bonds is 2. The van der Waals surface area contributed by atoms with Gasteiger partial charge in [-0.25, -0.2) is 4.79 Å². The molecule has 0 aromatic carbocycles. The molecule has 2 heterocycles. The van der Waals surface area contributed by atoms with Crippen LogP contribution in [0.1, 0.15) is 46.5 Å². The minimum absolute atomic E-state index is 0.138. The minimum atomic E-state index is -1.58. The fourth-order valence-electron chi connectivity index (χ4n) is 3.06. The number of fused-ring (bicyclic) bond motifs is 2. The van der Waals surface area contributed by atoms with Crippen LogP contribution in [0.4, 0.5) is 4.79 Å². The average Bonchev–Trinajstić information content (AvgIpc) is 2.22. The van der Waals surface area contributed by atoms with Crippen LogP contribution in [-0.4, -0.2) is 37.0 Å². The Balaban J connectivity index is 2.14. The molecular formula is C16H29NO3Si. The van der Waals surface area contributed by atoms with Crippen molar-refractivity contribution in [3.05, 3.63) is 11.8 Å². The molecule has 2 aliphatic rings. The molecule has 0 radical (unpaired) electrons. The normalized spacial score (nSPS) is 26.2. The predicted molar refractivity (Wildman–Crippen MR) is 86.6 cm³/mol. The summed E-state index contributed by atoms with van der Waals surface area (Å²) in [5.74, 6) is 1.09. The van der Waals surface area contributed by atoms with Gasteiger partial charge < -0.3 is 9.16 Å². The van der Waals surface area contributed by atoms with Crippen LogP contribution in [0.2, 0.25) is 19.6 Å². The number of hydrogen-bond acceptors (Lipinski definition) is 3. The van der Waals surface area contributed by atoms with Gasteiger partial charge in [-0.3, -0.25) is 4.90 Å². The monoisotopic (exact) mass is 311 g/mol. The Hall–Kier alpha value is -0.973. The molecule has 2 atom stereocenters. The first-order valence-corrected chi connectivity index (χ1v) is 11.4. The SMILES string of the molecule is CC(C)(C)OC(=O)N1C2C=C(O[Si](C)(C)C)CC1CCC2. The molecule has 0 aliphatic carbocycles. The van der Waals surface area contributed by atoms with E-state index in [-0.39, 0.29) is 18.2 Å². The summed E-state index contributed by atoms with van der Waals surface area (Å²) in [7, 11) is -1.58.